The van der Waals surface area contributed by atoms with Crippen molar-refractivity contribution in [1.29, 1.82) is 0 Å². The minimum Gasteiger partial charge on any atom is -0.479 e. The van der Waals surface area contributed by atoms with Crippen molar-refractivity contribution >= 4 is 5.97 Å². The van der Waals surface area contributed by atoms with Gasteiger partial charge in [-0.15, -0.1) is 0 Å². The molecule has 4 aliphatic heterocycles. The molecule has 7 atom stereocenters. The quantitative estimate of drug-likeness (QED) is 0.719. The number of carboxylic acids is 1. The normalized spacial score (nSPS) is 61.6. The summed E-state index contributed by atoms with van der Waals surface area (Å²) >= 11 is 0. The molecule has 0 radical (unpaired) electrons. The molecule has 0 aromatic heterocycles. The van der Waals surface area contributed by atoms with Gasteiger partial charge in [0.2, 0.25) is 5.67 Å². The predicted molar refractivity (Wildman–Crippen MR) is 49.6 cm³/mol. The van der Waals surface area contributed by atoms with Gasteiger partial charge >= 0.3 is 5.97 Å². The van der Waals surface area contributed by atoms with E-state index in [4.69, 9.17) is 14.6 Å². The van der Waals surface area contributed by atoms with Crippen molar-refractivity contribution in [1.82, 2.24) is 0 Å². The average Bonchev–Trinajstić information content (AvgIpc) is 2.92. The van der Waals surface area contributed by atoms with Crippen LogP contribution in [0.2, 0.25) is 0 Å². The number of carboxylic acid groups (broad SMARTS) is 1. The molecule has 4 nitrogen and oxygen atoms in total. The molecule has 0 saturated carbocycles. The van der Waals surface area contributed by atoms with E-state index in [-0.39, 0.29) is 36.6 Å². The number of carbonyl (C=O) groups is 1. The fraction of sp³-hybridized carbons (Fsp3) is 0.909. The van der Waals surface area contributed by atoms with Gasteiger partial charge in [-0.3, -0.25) is 0 Å². The van der Waals surface area contributed by atoms with Crippen LogP contribution in [0.1, 0.15) is 19.3 Å². The van der Waals surface area contributed by atoms with Crippen LogP contribution in [0, 0.1) is 11.8 Å². The zero-order chi connectivity index (χ0) is 11.1. The Labute approximate surface area is 91.7 Å². The molecule has 16 heavy (non-hydrogen) atoms. The third-order valence-electron chi connectivity index (χ3n) is 4.79. The van der Waals surface area contributed by atoms with Crippen LogP contribution in [0.15, 0.2) is 0 Å². The molecule has 0 spiro atoms. The first-order valence-corrected chi connectivity index (χ1v) is 5.84. The summed E-state index contributed by atoms with van der Waals surface area (Å²) in [6.45, 7) is 0. The van der Waals surface area contributed by atoms with Crippen LogP contribution in [-0.4, -0.2) is 41.2 Å². The van der Waals surface area contributed by atoms with Crippen LogP contribution < -0.4 is 0 Å². The van der Waals surface area contributed by atoms with Crippen molar-refractivity contribution in [3.8, 4) is 0 Å². The highest BCUT2D eigenvalue weighted by Crippen LogP contribution is 2.60. The van der Waals surface area contributed by atoms with E-state index in [0.717, 1.165) is 12.8 Å². The lowest BCUT2D eigenvalue weighted by Crippen LogP contribution is -2.52. The molecule has 0 aliphatic carbocycles. The summed E-state index contributed by atoms with van der Waals surface area (Å²) in [7, 11) is 0. The van der Waals surface area contributed by atoms with Crippen LogP contribution in [0.25, 0.3) is 0 Å². The van der Waals surface area contributed by atoms with E-state index in [1.807, 2.05) is 0 Å². The lowest BCUT2D eigenvalue weighted by atomic mass is 9.66. The number of halogens is 1. The third-order valence-corrected chi connectivity index (χ3v) is 4.79. The Kier molecular flexibility index (Phi) is 1.52. The van der Waals surface area contributed by atoms with Gasteiger partial charge in [0.05, 0.1) is 18.3 Å². The second-order valence-corrected chi connectivity index (χ2v) is 5.41. The van der Waals surface area contributed by atoms with Crippen LogP contribution in [0.4, 0.5) is 4.39 Å². The molecule has 7 unspecified atom stereocenters. The van der Waals surface area contributed by atoms with E-state index in [0.29, 0.717) is 0 Å². The van der Waals surface area contributed by atoms with Gasteiger partial charge in [-0.2, -0.15) is 0 Å². The SMILES string of the molecule is O=C(O)C1(F)CC2OC1C1C3CCC(O3)C21. The molecule has 0 amide bonds. The van der Waals surface area contributed by atoms with Crippen molar-refractivity contribution in [2.24, 2.45) is 11.8 Å². The van der Waals surface area contributed by atoms with Gasteiger partial charge < -0.3 is 14.6 Å². The van der Waals surface area contributed by atoms with Crippen molar-refractivity contribution in [2.45, 2.75) is 49.3 Å². The topological polar surface area (TPSA) is 55.8 Å². The molecule has 4 aliphatic rings. The highest BCUT2D eigenvalue weighted by molar-refractivity contribution is 5.79. The molecular weight excluding hydrogens is 215 g/mol. The maximum absolute atomic E-state index is 14.3. The molecule has 4 saturated heterocycles. The summed E-state index contributed by atoms with van der Waals surface area (Å²) in [5.41, 5.74) is -2.18. The largest absolute Gasteiger partial charge is 0.479 e. The van der Waals surface area contributed by atoms with Gasteiger partial charge in [0.1, 0.15) is 6.10 Å². The van der Waals surface area contributed by atoms with Crippen molar-refractivity contribution in [2.75, 3.05) is 0 Å². The Balaban J connectivity index is 1.73. The van der Waals surface area contributed by atoms with Gasteiger partial charge in [-0.1, -0.05) is 0 Å². The average molecular weight is 228 g/mol. The van der Waals surface area contributed by atoms with Crippen LogP contribution >= 0.6 is 0 Å². The molecule has 0 aromatic carbocycles. The molecular formula is C11H13FO4. The highest BCUT2D eigenvalue weighted by atomic mass is 19.1. The Morgan fingerprint density at radius 2 is 1.88 bits per heavy atom. The first-order chi connectivity index (χ1) is 7.61. The molecule has 0 aromatic rings. The number of fused-ring (bicyclic) bond motifs is 9. The monoisotopic (exact) mass is 228 g/mol. The second-order valence-electron chi connectivity index (χ2n) is 5.41. The summed E-state index contributed by atoms with van der Waals surface area (Å²) < 4.78 is 25.6. The van der Waals surface area contributed by atoms with E-state index in [9.17, 15) is 9.18 Å². The zero-order valence-electron chi connectivity index (χ0n) is 8.64. The number of aliphatic carboxylic acids is 1. The molecule has 4 rings (SSSR count). The Bertz CT molecular complexity index is 373. The molecule has 88 valence electrons. The Morgan fingerprint density at radius 3 is 2.56 bits per heavy atom. The molecule has 4 fully saturated rings. The minimum atomic E-state index is -2.18. The lowest BCUT2D eigenvalue weighted by Gasteiger charge is -2.34. The van der Waals surface area contributed by atoms with Crippen LogP contribution in [-0.2, 0) is 14.3 Å². The van der Waals surface area contributed by atoms with Gasteiger partial charge in [-0.05, 0) is 12.8 Å². The van der Waals surface area contributed by atoms with Crippen molar-refractivity contribution < 1.29 is 23.8 Å². The predicted octanol–water partition coefficient (Wildman–Crippen LogP) is 0.744. The first-order valence-electron chi connectivity index (χ1n) is 5.84. The summed E-state index contributed by atoms with van der Waals surface area (Å²) in [5, 5.41) is 8.99. The number of rotatable bonds is 1. The number of alkyl halides is 1. The maximum Gasteiger partial charge on any atom is 0.344 e. The summed E-state index contributed by atoms with van der Waals surface area (Å²) in [6.07, 6.45) is 1.13. The highest BCUT2D eigenvalue weighted by Gasteiger charge is 2.72. The van der Waals surface area contributed by atoms with Crippen molar-refractivity contribution in [3.63, 3.8) is 0 Å². The van der Waals surface area contributed by atoms with Crippen LogP contribution in [0.3, 0.4) is 0 Å². The van der Waals surface area contributed by atoms with E-state index in [2.05, 4.69) is 0 Å². The third kappa shape index (κ3) is 0.831. The smallest absolute Gasteiger partial charge is 0.344 e. The lowest BCUT2D eigenvalue weighted by molar-refractivity contribution is -0.157. The number of hydrogen-bond acceptors (Lipinski definition) is 3. The standard InChI is InChI=1S/C11H13FO4/c12-11(10(13)14)3-6-7-4-1-2-5(15-4)8(7)9(11)16-6/h4-9H,1-3H2,(H,13,14). The van der Waals surface area contributed by atoms with E-state index in [1.54, 1.807) is 0 Å². The fourth-order valence-electron chi connectivity index (χ4n) is 4.22. The number of ether oxygens (including phenoxy) is 2. The second kappa shape index (κ2) is 2.59. The van der Waals surface area contributed by atoms with Gasteiger partial charge in [0.15, 0.2) is 0 Å². The molecule has 1 N–H and O–H groups in total. The molecule has 5 heteroatoms. The fourth-order valence-corrected chi connectivity index (χ4v) is 4.22. The van der Waals surface area contributed by atoms with Gasteiger partial charge in [0, 0.05) is 18.3 Å². The molecule has 4 bridgehead atoms. The maximum atomic E-state index is 14.3. The summed E-state index contributed by atoms with van der Waals surface area (Å²) in [4.78, 5) is 11.0. The summed E-state index contributed by atoms with van der Waals surface area (Å²) in [6, 6.07) is 0. The summed E-state index contributed by atoms with van der Waals surface area (Å²) in [5.74, 6) is -1.16. The van der Waals surface area contributed by atoms with Crippen molar-refractivity contribution in [3.05, 3.63) is 0 Å². The van der Waals surface area contributed by atoms with Gasteiger partial charge in [0.25, 0.3) is 0 Å². The Hall–Kier alpha value is -0.680. The molecule has 4 heterocycles. The van der Waals surface area contributed by atoms with E-state index in [1.165, 1.54) is 0 Å². The Morgan fingerprint density at radius 1 is 1.19 bits per heavy atom. The first kappa shape index (κ1) is 9.36. The number of hydrogen-bond donors (Lipinski definition) is 1. The minimum absolute atomic E-state index is 0.000741. The van der Waals surface area contributed by atoms with Gasteiger partial charge in [-0.25, -0.2) is 9.18 Å². The van der Waals surface area contributed by atoms with Crippen LogP contribution in [0.5, 0.6) is 0 Å². The van der Waals surface area contributed by atoms with E-state index >= 15 is 0 Å². The zero-order valence-corrected chi connectivity index (χ0v) is 8.64. The van der Waals surface area contributed by atoms with E-state index < -0.39 is 17.7 Å².